The predicted molar refractivity (Wildman–Crippen MR) is 69.7 cm³/mol. The first-order chi connectivity index (χ1) is 8.09. The van der Waals surface area contributed by atoms with E-state index in [1.807, 2.05) is 26.1 Å². The number of hydrogen-bond acceptors (Lipinski definition) is 2. The average molecular weight is 236 g/mol. The minimum atomic E-state index is -0.158. The van der Waals surface area contributed by atoms with Crippen LogP contribution >= 0.6 is 0 Å². The van der Waals surface area contributed by atoms with Crippen LogP contribution < -0.4 is 10.6 Å². The number of benzene rings is 1. The minimum Gasteiger partial charge on any atom is -0.369 e. The van der Waals surface area contributed by atoms with Crippen molar-refractivity contribution in [3.8, 4) is 0 Å². The van der Waals surface area contributed by atoms with E-state index in [1.54, 1.807) is 6.07 Å². The van der Waals surface area contributed by atoms with Crippen molar-refractivity contribution in [2.24, 2.45) is 5.73 Å². The van der Waals surface area contributed by atoms with Gasteiger partial charge in [0.2, 0.25) is 0 Å². The summed E-state index contributed by atoms with van der Waals surface area (Å²) in [6.07, 6.45) is 4.86. The van der Waals surface area contributed by atoms with Gasteiger partial charge in [0, 0.05) is 19.1 Å². The van der Waals surface area contributed by atoms with Crippen LogP contribution in [0, 0.1) is 5.82 Å². The zero-order valence-electron chi connectivity index (χ0n) is 10.6. The van der Waals surface area contributed by atoms with Crippen LogP contribution in [0.25, 0.3) is 0 Å². The van der Waals surface area contributed by atoms with Crippen molar-refractivity contribution in [3.05, 3.63) is 29.6 Å². The number of nitrogens with zero attached hydrogens (tertiary/aromatic N) is 1. The second-order valence-corrected chi connectivity index (χ2v) is 5.05. The molecule has 1 aliphatic carbocycles. The molecule has 1 unspecified atom stereocenters. The maximum absolute atomic E-state index is 14.0. The highest BCUT2D eigenvalue weighted by Crippen LogP contribution is 2.29. The second kappa shape index (κ2) is 5.05. The minimum absolute atomic E-state index is 0.115. The van der Waals surface area contributed by atoms with E-state index in [9.17, 15) is 4.39 Å². The summed E-state index contributed by atoms with van der Waals surface area (Å²) in [6, 6.07) is 5.72. The molecule has 0 radical (unpaired) electrons. The lowest BCUT2D eigenvalue weighted by Gasteiger charge is -2.27. The Labute approximate surface area is 103 Å². The molecule has 1 aromatic carbocycles. The van der Waals surface area contributed by atoms with Crippen LogP contribution in [0.1, 0.15) is 44.2 Å². The lowest BCUT2D eigenvalue weighted by Crippen LogP contribution is -2.29. The van der Waals surface area contributed by atoms with Gasteiger partial charge in [-0.3, -0.25) is 0 Å². The Morgan fingerprint density at radius 2 is 2.00 bits per heavy atom. The van der Waals surface area contributed by atoms with Crippen molar-refractivity contribution in [2.75, 3.05) is 11.9 Å². The van der Waals surface area contributed by atoms with Gasteiger partial charge in [0.15, 0.2) is 0 Å². The topological polar surface area (TPSA) is 29.3 Å². The van der Waals surface area contributed by atoms with Crippen molar-refractivity contribution < 1.29 is 4.39 Å². The van der Waals surface area contributed by atoms with Crippen LogP contribution in [0.5, 0.6) is 0 Å². The molecule has 2 nitrogen and oxygen atoms in total. The summed E-state index contributed by atoms with van der Waals surface area (Å²) in [6.45, 7) is 1.87. The van der Waals surface area contributed by atoms with Crippen molar-refractivity contribution in [2.45, 2.75) is 44.7 Å². The Morgan fingerprint density at radius 3 is 2.53 bits per heavy atom. The molecule has 0 aromatic heterocycles. The highest BCUT2D eigenvalue weighted by atomic mass is 19.1. The molecule has 0 aliphatic heterocycles. The van der Waals surface area contributed by atoms with Gasteiger partial charge in [-0.25, -0.2) is 4.39 Å². The Bertz CT molecular complexity index is 384. The monoisotopic (exact) mass is 236 g/mol. The number of rotatable bonds is 3. The Morgan fingerprint density at radius 1 is 1.35 bits per heavy atom. The van der Waals surface area contributed by atoms with Crippen LogP contribution in [0.4, 0.5) is 10.1 Å². The molecular formula is C14H21FN2. The number of nitrogens with two attached hydrogens (primary N) is 1. The molecule has 3 heteroatoms. The fourth-order valence-electron chi connectivity index (χ4n) is 2.58. The Kier molecular flexibility index (Phi) is 3.67. The molecule has 0 saturated heterocycles. The number of anilines is 1. The first-order valence-electron chi connectivity index (χ1n) is 6.37. The Balaban J connectivity index is 2.20. The quantitative estimate of drug-likeness (QED) is 0.873. The van der Waals surface area contributed by atoms with Crippen molar-refractivity contribution in [3.63, 3.8) is 0 Å². The molecule has 1 atom stereocenters. The molecule has 1 aromatic rings. The molecule has 1 saturated carbocycles. The molecule has 1 aliphatic rings. The largest absolute Gasteiger partial charge is 0.369 e. The summed E-state index contributed by atoms with van der Waals surface area (Å²) < 4.78 is 14.0. The maximum atomic E-state index is 14.0. The van der Waals surface area contributed by atoms with E-state index in [2.05, 4.69) is 4.90 Å². The van der Waals surface area contributed by atoms with Gasteiger partial charge in [-0.2, -0.15) is 0 Å². The molecule has 0 heterocycles. The van der Waals surface area contributed by atoms with E-state index in [4.69, 9.17) is 5.73 Å². The van der Waals surface area contributed by atoms with E-state index < -0.39 is 0 Å². The van der Waals surface area contributed by atoms with Gasteiger partial charge in [-0.05, 0) is 37.5 Å². The molecule has 0 amide bonds. The zero-order valence-corrected chi connectivity index (χ0v) is 10.6. The summed E-state index contributed by atoms with van der Waals surface area (Å²) in [5.41, 5.74) is 7.30. The summed E-state index contributed by atoms with van der Waals surface area (Å²) in [5.74, 6) is -0.158. The third kappa shape index (κ3) is 2.60. The van der Waals surface area contributed by atoms with Crippen LogP contribution in [0.3, 0.4) is 0 Å². The van der Waals surface area contributed by atoms with Crippen LogP contribution in [-0.2, 0) is 0 Å². The van der Waals surface area contributed by atoms with Crippen molar-refractivity contribution >= 4 is 5.69 Å². The van der Waals surface area contributed by atoms with Gasteiger partial charge < -0.3 is 10.6 Å². The summed E-state index contributed by atoms with van der Waals surface area (Å²) in [7, 11) is 1.99. The molecule has 2 rings (SSSR count). The van der Waals surface area contributed by atoms with E-state index in [1.165, 1.54) is 25.7 Å². The van der Waals surface area contributed by atoms with Gasteiger partial charge in [0.25, 0.3) is 0 Å². The normalized spacial score (nSPS) is 18.4. The third-order valence-corrected chi connectivity index (χ3v) is 3.75. The Hall–Kier alpha value is -1.09. The molecule has 0 spiro atoms. The summed E-state index contributed by atoms with van der Waals surface area (Å²) in [4.78, 5) is 2.08. The van der Waals surface area contributed by atoms with Crippen molar-refractivity contribution in [1.82, 2.24) is 0 Å². The van der Waals surface area contributed by atoms with Gasteiger partial charge in [0.05, 0.1) is 5.69 Å². The molecule has 2 N–H and O–H groups in total. The molecule has 94 valence electrons. The first-order valence-corrected chi connectivity index (χ1v) is 6.37. The third-order valence-electron chi connectivity index (χ3n) is 3.75. The van der Waals surface area contributed by atoms with E-state index >= 15 is 0 Å². The van der Waals surface area contributed by atoms with Crippen LogP contribution in [-0.4, -0.2) is 13.1 Å². The fraction of sp³-hybridized carbons (Fsp3) is 0.571. The first kappa shape index (κ1) is 12.4. The SMILES string of the molecule is CC(N)c1ccc(N(C)C2CCCC2)c(F)c1. The number of halogens is 1. The summed E-state index contributed by atoms with van der Waals surface area (Å²) in [5, 5.41) is 0. The predicted octanol–water partition coefficient (Wildman–Crippen LogP) is 3.22. The molecule has 1 fully saturated rings. The maximum Gasteiger partial charge on any atom is 0.146 e. The van der Waals surface area contributed by atoms with Gasteiger partial charge in [0.1, 0.15) is 5.82 Å². The van der Waals surface area contributed by atoms with Gasteiger partial charge in [-0.15, -0.1) is 0 Å². The lowest BCUT2D eigenvalue weighted by atomic mass is 10.1. The standard InChI is InChI=1S/C14H21FN2/c1-10(16)11-7-8-14(13(15)9-11)17(2)12-5-3-4-6-12/h7-10,12H,3-6,16H2,1-2H3. The smallest absolute Gasteiger partial charge is 0.146 e. The molecule has 17 heavy (non-hydrogen) atoms. The van der Waals surface area contributed by atoms with Crippen LogP contribution in [0.15, 0.2) is 18.2 Å². The lowest BCUT2D eigenvalue weighted by molar-refractivity contribution is 0.592. The second-order valence-electron chi connectivity index (χ2n) is 5.05. The van der Waals surface area contributed by atoms with E-state index in [0.717, 1.165) is 5.56 Å². The average Bonchev–Trinajstić information content (AvgIpc) is 2.81. The molecule has 0 bridgehead atoms. The van der Waals surface area contributed by atoms with E-state index in [0.29, 0.717) is 11.7 Å². The highest BCUT2D eigenvalue weighted by Gasteiger charge is 2.21. The summed E-state index contributed by atoms with van der Waals surface area (Å²) >= 11 is 0. The van der Waals surface area contributed by atoms with Crippen LogP contribution in [0.2, 0.25) is 0 Å². The van der Waals surface area contributed by atoms with Gasteiger partial charge in [-0.1, -0.05) is 18.9 Å². The highest BCUT2D eigenvalue weighted by molar-refractivity contribution is 5.50. The fourth-order valence-corrected chi connectivity index (χ4v) is 2.58. The molecular weight excluding hydrogens is 215 g/mol. The van der Waals surface area contributed by atoms with Gasteiger partial charge >= 0.3 is 0 Å². The zero-order chi connectivity index (χ0) is 12.4. The number of hydrogen-bond donors (Lipinski definition) is 1. The van der Waals surface area contributed by atoms with E-state index in [-0.39, 0.29) is 11.9 Å². The van der Waals surface area contributed by atoms with Crippen molar-refractivity contribution in [1.29, 1.82) is 0 Å².